The van der Waals surface area contributed by atoms with Crippen LogP contribution in [0.2, 0.25) is 5.02 Å². The SMILES string of the molecule is CC1CNCCN1c1cc(C(F)(F)F)ccc1Cl.Cl. The molecule has 2 nitrogen and oxygen atoms in total. The number of anilines is 1. The molecule has 0 radical (unpaired) electrons. The summed E-state index contributed by atoms with van der Waals surface area (Å²) in [6.45, 7) is 4.11. The molecule has 2 rings (SSSR count). The fraction of sp³-hybridized carbons (Fsp3) is 0.500. The summed E-state index contributed by atoms with van der Waals surface area (Å²) >= 11 is 6.02. The van der Waals surface area contributed by atoms with Gasteiger partial charge in [0, 0.05) is 25.7 Å². The Kier molecular flexibility index (Phi) is 5.35. The van der Waals surface area contributed by atoms with Crippen molar-refractivity contribution in [3.8, 4) is 0 Å². The number of halogens is 5. The van der Waals surface area contributed by atoms with Crippen LogP contribution in [0, 0.1) is 0 Å². The molecular weight excluding hydrogens is 300 g/mol. The molecule has 1 aliphatic rings. The van der Waals surface area contributed by atoms with E-state index in [9.17, 15) is 13.2 Å². The third kappa shape index (κ3) is 3.68. The molecule has 7 heteroatoms. The molecule has 0 aliphatic carbocycles. The van der Waals surface area contributed by atoms with Gasteiger partial charge in [-0.15, -0.1) is 12.4 Å². The van der Waals surface area contributed by atoms with Gasteiger partial charge in [-0.2, -0.15) is 13.2 Å². The predicted molar refractivity (Wildman–Crippen MR) is 73.4 cm³/mol. The van der Waals surface area contributed by atoms with Crippen LogP contribution in [0.3, 0.4) is 0 Å². The van der Waals surface area contributed by atoms with Crippen LogP contribution in [-0.2, 0) is 6.18 Å². The van der Waals surface area contributed by atoms with Crippen molar-refractivity contribution in [2.24, 2.45) is 0 Å². The summed E-state index contributed by atoms with van der Waals surface area (Å²) in [7, 11) is 0. The van der Waals surface area contributed by atoms with E-state index in [4.69, 9.17) is 11.6 Å². The Morgan fingerprint density at radius 1 is 1.37 bits per heavy atom. The first-order chi connectivity index (χ1) is 8.39. The normalized spacial score (nSPS) is 20.1. The number of rotatable bonds is 1. The van der Waals surface area contributed by atoms with Crippen molar-refractivity contribution < 1.29 is 13.2 Å². The highest BCUT2D eigenvalue weighted by Crippen LogP contribution is 2.36. The van der Waals surface area contributed by atoms with E-state index in [0.29, 0.717) is 17.3 Å². The average molecular weight is 315 g/mol. The summed E-state index contributed by atoms with van der Waals surface area (Å²) in [6.07, 6.45) is -4.34. The van der Waals surface area contributed by atoms with Crippen molar-refractivity contribution in [2.45, 2.75) is 19.1 Å². The van der Waals surface area contributed by atoms with Crippen LogP contribution in [-0.4, -0.2) is 25.7 Å². The molecule has 1 aromatic rings. The Labute approximate surface area is 121 Å². The van der Waals surface area contributed by atoms with Crippen LogP contribution in [0.4, 0.5) is 18.9 Å². The maximum absolute atomic E-state index is 12.7. The standard InChI is InChI=1S/C12H14ClF3N2.ClH/c1-8-7-17-4-5-18(8)11-6-9(12(14,15)16)2-3-10(11)13;/h2-3,6,8,17H,4-5,7H2,1H3;1H. The van der Waals surface area contributed by atoms with Crippen LogP contribution in [0.5, 0.6) is 0 Å². The lowest BCUT2D eigenvalue weighted by atomic mass is 10.1. The number of alkyl halides is 3. The van der Waals surface area contributed by atoms with Crippen molar-refractivity contribution in [3.63, 3.8) is 0 Å². The minimum atomic E-state index is -4.34. The summed E-state index contributed by atoms with van der Waals surface area (Å²) in [5.74, 6) is 0. The average Bonchev–Trinajstić information content (AvgIpc) is 2.29. The summed E-state index contributed by atoms with van der Waals surface area (Å²) in [6, 6.07) is 3.58. The number of benzene rings is 1. The lowest BCUT2D eigenvalue weighted by Gasteiger charge is -2.36. The Morgan fingerprint density at radius 3 is 2.63 bits per heavy atom. The smallest absolute Gasteiger partial charge is 0.365 e. The zero-order chi connectivity index (χ0) is 13.3. The number of nitrogens with one attached hydrogen (secondary N) is 1. The maximum atomic E-state index is 12.7. The van der Waals surface area contributed by atoms with Gasteiger partial charge < -0.3 is 10.2 Å². The monoisotopic (exact) mass is 314 g/mol. The highest BCUT2D eigenvalue weighted by atomic mass is 35.5. The predicted octanol–water partition coefficient (Wildman–Crippen LogP) is 3.58. The topological polar surface area (TPSA) is 15.3 Å². The largest absolute Gasteiger partial charge is 0.416 e. The molecule has 108 valence electrons. The fourth-order valence-electron chi connectivity index (χ4n) is 2.11. The Hall–Kier alpha value is -0.650. The quantitative estimate of drug-likeness (QED) is 0.852. The van der Waals surface area contributed by atoms with E-state index >= 15 is 0 Å². The van der Waals surface area contributed by atoms with E-state index in [-0.39, 0.29) is 18.4 Å². The van der Waals surface area contributed by atoms with Crippen molar-refractivity contribution >= 4 is 29.7 Å². The number of piperazine rings is 1. The molecule has 1 unspecified atom stereocenters. The highest BCUT2D eigenvalue weighted by Gasteiger charge is 2.32. The molecule has 0 bridgehead atoms. The van der Waals surface area contributed by atoms with Crippen LogP contribution >= 0.6 is 24.0 Å². The van der Waals surface area contributed by atoms with Crippen LogP contribution in [0.25, 0.3) is 0 Å². The molecular formula is C12H15Cl2F3N2. The van der Waals surface area contributed by atoms with E-state index in [2.05, 4.69) is 5.32 Å². The Morgan fingerprint density at radius 2 is 2.05 bits per heavy atom. The Bertz CT molecular complexity index is 437. The van der Waals surface area contributed by atoms with Crippen LogP contribution in [0.15, 0.2) is 18.2 Å². The van der Waals surface area contributed by atoms with Crippen molar-refractivity contribution in [3.05, 3.63) is 28.8 Å². The van der Waals surface area contributed by atoms with E-state index in [1.165, 1.54) is 6.07 Å². The van der Waals surface area contributed by atoms with Gasteiger partial charge in [-0.1, -0.05) is 11.6 Å². The zero-order valence-electron chi connectivity index (χ0n) is 10.3. The molecule has 1 fully saturated rings. The molecule has 1 N–H and O–H groups in total. The van der Waals surface area contributed by atoms with Crippen molar-refractivity contribution in [1.82, 2.24) is 5.32 Å². The van der Waals surface area contributed by atoms with Gasteiger partial charge in [0.2, 0.25) is 0 Å². The highest BCUT2D eigenvalue weighted by molar-refractivity contribution is 6.33. The molecule has 0 spiro atoms. The van der Waals surface area contributed by atoms with E-state index < -0.39 is 11.7 Å². The van der Waals surface area contributed by atoms with Gasteiger partial charge in [0.25, 0.3) is 0 Å². The lowest BCUT2D eigenvalue weighted by molar-refractivity contribution is -0.137. The lowest BCUT2D eigenvalue weighted by Crippen LogP contribution is -2.50. The molecule has 0 amide bonds. The molecule has 1 heterocycles. The van der Waals surface area contributed by atoms with Gasteiger partial charge in [-0.3, -0.25) is 0 Å². The third-order valence-corrected chi connectivity index (χ3v) is 3.40. The van der Waals surface area contributed by atoms with Gasteiger partial charge in [0.05, 0.1) is 16.3 Å². The number of hydrogen-bond donors (Lipinski definition) is 1. The van der Waals surface area contributed by atoms with Gasteiger partial charge >= 0.3 is 6.18 Å². The van der Waals surface area contributed by atoms with Crippen molar-refractivity contribution in [2.75, 3.05) is 24.5 Å². The minimum Gasteiger partial charge on any atom is -0.365 e. The first kappa shape index (κ1) is 16.4. The summed E-state index contributed by atoms with van der Waals surface area (Å²) in [4.78, 5) is 1.91. The summed E-state index contributed by atoms with van der Waals surface area (Å²) < 4.78 is 38.1. The molecule has 0 saturated carbocycles. The summed E-state index contributed by atoms with van der Waals surface area (Å²) in [5.41, 5.74) is -0.201. The van der Waals surface area contributed by atoms with E-state index in [1.807, 2.05) is 11.8 Å². The van der Waals surface area contributed by atoms with Gasteiger partial charge in [0.15, 0.2) is 0 Å². The van der Waals surface area contributed by atoms with E-state index in [0.717, 1.165) is 25.2 Å². The molecule has 1 aliphatic heterocycles. The van der Waals surface area contributed by atoms with E-state index in [1.54, 1.807) is 0 Å². The first-order valence-corrected chi connectivity index (χ1v) is 6.11. The second kappa shape index (κ2) is 6.20. The van der Waals surface area contributed by atoms with Crippen molar-refractivity contribution in [1.29, 1.82) is 0 Å². The second-order valence-electron chi connectivity index (χ2n) is 4.41. The molecule has 19 heavy (non-hydrogen) atoms. The summed E-state index contributed by atoms with van der Waals surface area (Å²) in [5, 5.41) is 3.55. The van der Waals surface area contributed by atoms with Crippen LogP contribution < -0.4 is 10.2 Å². The first-order valence-electron chi connectivity index (χ1n) is 5.73. The fourth-order valence-corrected chi connectivity index (χ4v) is 2.33. The van der Waals surface area contributed by atoms with Gasteiger partial charge in [-0.25, -0.2) is 0 Å². The van der Waals surface area contributed by atoms with Gasteiger partial charge in [0.1, 0.15) is 0 Å². The second-order valence-corrected chi connectivity index (χ2v) is 4.82. The third-order valence-electron chi connectivity index (χ3n) is 3.08. The molecule has 1 atom stereocenters. The molecule has 0 aromatic heterocycles. The van der Waals surface area contributed by atoms with Gasteiger partial charge in [-0.05, 0) is 25.1 Å². The number of hydrogen-bond acceptors (Lipinski definition) is 2. The minimum absolute atomic E-state index is 0. The Balaban J connectivity index is 0.00000180. The molecule has 1 aromatic carbocycles. The zero-order valence-corrected chi connectivity index (χ0v) is 11.9. The molecule has 1 saturated heterocycles. The maximum Gasteiger partial charge on any atom is 0.416 e. The number of nitrogens with zero attached hydrogens (tertiary/aromatic N) is 1. The van der Waals surface area contributed by atoms with Crippen LogP contribution in [0.1, 0.15) is 12.5 Å².